The molecule has 0 fully saturated rings. The number of ether oxygens (including phenoxy) is 2. The van der Waals surface area contributed by atoms with Gasteiger partial charge in [-0.3, -0.25) is 4.68 Å². The lowest BCUT2D eigenvalue weighted by Crippen LogP contribution is -2.01. The summed E-state index contributed by atoms with van der Waals surface area (Å²) in [5, 5.41) is 7.34. The molecule has 9 nitrogen and oxygen atoms in total. The van der Waals surface area contributed by atoms with Gasteiger partial charge in [-0.05, 0) is 25.5 Å². The maximum absolute atomic E-state index is 10.7. The number of hydrogen-bond acceptors (Lipinski definition) is 9. The third kappa shape index (κ3) is 4.83. The standard InChI is InChI=1S/C21H23N5O4S2/c1-13-19(16-6-5-15(9-17(16)29-3)30-7-4-8-32(27)28)20-18(31-13)11-22-21(25-20)24-14-10-23-26(2)12-14/h5-6,9-12,32H,4,7-8H2,1-3H3,(H,22,24,25). The first-order chi connectivity index (χ1) is 15.4. The second-order valence-corrected chi connectivity index (χ2v) is 9.46. The Labute approximate surface area is 191 Å². The first-order valence-corrected chi connectivity index (χ1v) is 12.1. The quantitative estimate of drug-likeness (QED) is 0.281. The number of thiophene rings is 1. The molecule has 0 bridgehead atoms. The lowest BCUT2D eigenvalue weighted by molar-refractivity contribution is 0.315. The number of benzene rings is 1. The van der Waals surface area contributed by atoms with Crippen molar-refractivity contribution in [1.82, 2.24) is 19.7 Å². The van der Waals surface area contributed by atoms with Crippen molar-refractivity contribution in [2.45, 2.75) is 13.3 Å². The van der Waals surface area contributed by atoms with Crippen molar-refractivity contribution >= 4 is 43.9 Å². The first-order valence-electron chi connectivity index (χ1n) is 9.89. The summed E-state index contributed by atoms with van der Waals surface area (Å²) in [6, 6.07) is 5.60. The monoisotopic (exact) mass is 473 g/mol. The van der Waals surface area contributed by atoms with Crippen LogP contribution >= 0.6 is 11.3 Å². The molecule has 0 unspecified atom stereocenters. The van der Waals surface area contributed by atoms with E-state index < -0.39 is 10.7 Å². The van der Waals surface area contributed by atoms with E-state index in [1.54, 1.807) is 29.3 Å². The van der Waals surface area contributed by atoms with Crippen molar-refractivity contribution in [2.75, 3.05) is 24.8 Å². The maximum atomic E-state index is 10.7. The van der Waals surface area contributed by atoms with Crippen LogP contribution in [0.3, 0.4) is 0 Å². The number of nitrogens with zero attached hydrogens (tertiary/aromatic N) is 4. The highest BCUT2D eigenvalue weighted by Gasteiger charge is 2.18. The van der Waals surface area contributed by atoms with E-state index in [1.807, 2.05) is 44.6 Å². The Morgan fingerprint density at radius 3 is 2.81 bits per heavy atom. The molecule has 0 amide bonds. The molecule has 0 saturated carbocycles. The van der Waals surface area contributed by atoms with E-state index in [-0.39, 0.29) is 5.75 Å². The Kier molecular flexibility index (Phi) is 6.56. The molecule has 1 N–H and O–H groups in total. The molecule has 32 heavy (non-hydrogen) atoms. The van der Waals surface area contributed by atoms with Gasteiger partial charge in [-0.15, -0.1) is 11.3 Å². The van der Waals surface area contributed by atoms with Gasteiger partial charge in [0, 0.05) is 35.3 Å². The van der Waals surface area contributed by atoms with Crippen LogP contribution in [0.5, 0.6) is 11.5 Å². The fraction of sp³-hybridized carbons (Fsp3) is 0.286. The Bertz CT molecular complexity index is 1320. The molecule has 4 rings (SSSR count). The predicted molar refractivity (Wildman–Crippen MR) is 126 cm³/mol. The molecule has 0 aliphatic rings. The second-order valence-electron chi connectivity index (χ2n) is 7.09. The van der Waals surface area contributed by atoms with Gasteiger partial charge in [0.2, 0.25) is 5.95 Å². The largest absolute Gasteiger partial charge is 0.496 e. The number of thiol groups is 1. The van der Waals surface area contributed by atoms with Crippen molar-refractivity contribution < 1.29 is 17.9 Å². The van der Waals surface area contributed by atoms with Gasteiger partial charge in [0.25, 0.3) is 0 Å². The minimum atomic E-state index is -2.38. The topological polar surface area (TPSA) is 108 Å². The molecule has 0 atom stereocenters. The number of hydrogen-bond donors (Lipinski definition) is 2. The zero-order chi connectivity index (χ0) is 22.7. The van der Waals surface area contributed by atoms with Crippen LogP contribution < -0.4 is 14.8 Å². The lowest BCUT2D eigenvalue weighted by atomic mass is 10.0. The molecule has 168 valence electrons. The molecule has 11 heteroatoms. The van der Waals surface area contributed by atoms with Crippen LogP contribution in [0.4, 0.5) is 11.6 Å². The lowest BCUT2D eigenvalue weighted by Gasteiger charge is -2.12. The summed E-state index contributed by atoms with van der Waals surface area (Å²) in [5.74, 6) is 1.87. The zero-order valence-electron chi connectivity index (χ0n) is 17.9. The SMILES string of the molecule is COc1cc(OCCC[SH](=O)=O)ccc1-c1c(C)sc2cnc(Nc3cnn(C)c3)nc12. The molecule has 3 aromatic heterocycles. The van der Waals surface area contributed by atoms with E-state index in [9.17, 15) is 8.42 Å². The molecule has 4 aromatic rings. The fourth-order valence-corrected chi connectivity index (χ4v) is 4.73. The number of methoxy groups -OCH3 is 1. The Hall–Kier alpha value is -3.18. The highest BCUT2D eigenvalue weighted by molar-refractivity contribution is 7.72. The minimum absolute atomic E-state index is 0.111. The van der Waals surface area contributed by atoms with E-state index >= 15 is 0 Å². The van der Waals surface area contributed by atoms with Gasteiger partial charge in [-0.2, -0.15) is 5.10 Å². The predicted octanol–water partition coefficient (Wildman–Crippen LogP) is 3.53. The van der Waals surface area contributed by atoms with Crippen molar-refractivity contribution in [2.24, 2.45) is 7.05 Å². The average molecular weight is 474 g/mol. The van der Waals surface area contributed by atoms with Crippen LogP contribution in [0.15, 0.2) is 36.8 Å². The van der Waals surface area contributed by atoms with Gasteiger partial charge < -0.3 is 14.8 Å². The molecule has 1 aromatic carbocycles. The average Bonchev–Trinajstić information content (AvgIpc) is 3.32. The van der Waals surface area contributed by atoms with E-state index in [0.717, 1.165) is 31.9 Å². The summed E-state index contributed by atoms with van der Waals surface area (Å²) in [5.41, 5.74) is 3.52. The molecule has 0 saturated heterocycles. The van der Waals surface area contributed by atoms with Crippen molar-refractivity contribution in [1.29, 1.82) is 0 Å². The Balaban J connectivity index is 1.65. The number of nitrogens with one attached hydrogen (secondary N) is 1. The molecule has 0 aliphatic carbocycles. The van der Waals surface area contributed by atoms with Gasteiger partial charge in [-0.25, -0.2) is 18.4 Å². The summed E-state index contributed by atoms with van der Waals surface area (Å²) >= 11 is 1.62. The van der Waals surface area contributed by atoms with Crippen molar-refractivity contribution in [3.05, 3.63) is 41.7 Å². The normalized spacial score (nSPS) is 11.2. The number of aromatic nitrogens is 4. The minimum Gasteiger partial charge on any atom is -0.496 e. The van der Waals surface area contributed by atoms with E-state index in [4.69, 9.17) is 14.5 Å². The van der Waals surface area contributed by atoms with Gasteiger partial charge in [0.15, 0.2) is 0 Å². The maximum Gasteiger partial charge on any atom is 0.227 e. The summed E-state index contributed by atoms with van der Waals surface area (Å²) < 4.78 is 35.4. The smallest absolute Gasteiger partial charge is 0.227 e. The van der Waals surface area contributed by atoms with Crippen LogP contribution in [0.1, 0.15) is 11.3 Å². The molecule has 0 aliphatic heterocycles. The van der Waals surface area contributed by atoms with Gasteiger partial charge in [0.05, 0.1) is 47.8 Å². The highest BCUT2D eigenvalue weighted by Crippen LogP contribution is 2.42. The zero-order valence-corrected chi connectivity index (χ0v) is 19.6. The van der Waals surface area contributed by atoms with Crippen LogP contribution in [-0.2, 0) is 17.8 Å². The van der Waals surface area contributed by atoms with Crippen LogP contribution in [-0.4, -0.2) is 47.6 Å². The molecular formula is C21H23N5O4S2. The second kappa shape index (κ2) is 9.53. The molecular weight excluding hydrogens is 450 g/mol. The number of rotatable bonds is 9. The summed E-state index contributed by atoms with van der Waals surface area (Å²) in [6.45, 7) is 2.37. The summed E-state index contributed by atoms with van der Waals surface area (Å²) in [7, 11) is 1.07. The third-order valence-corrected chi connectivity index (χ3v) is 6.47. The van der Waals surface area contributed by atoms with Crippen molar-refractivity contribution in [3.8, 4) is 22.6 Å². The van der Waals surface area contributed by atoms with Crippen LogP contribution in [0.2, 0.25) is 0 Å². The fourth-order valence-electron chi connectivity index (χ4n) is 3.35. The summed E-state index contributed by atoms with van der Waals surface area (Å²) in [4.78, 5) is 10.3. The van der Waals surface area contributed by atoms with Gasteiger partial charge in [0.1, 0.15) is 22.2 Å². The third-order valence-electron chi connectivity index (χ3n) is 4.76. The van der Waals surface area contributed by atoms with E-state index in [2.05, 4.69) is 15.4 Å². The Morgan fingerprint density at radius 2 is 2.09 bits per heavy atom. The highest BCUT2D eigenvalue weighted by atomic mass is 32.2. The van der Waals surface area contributed by atoms with Crippen molar-refractivity contribution in [3.63, 3.8) is 0 Å². The summed E-state index contributed by atoms with van der Waals surface area (Å²) in [6.07, 6.45) is 5.82. The number of aryl methyl sites for hydroxylation is 2. The molecule has 0 spiro atoms. The molecule has 0 radical (unpaired) electrons. The van der Waals surface area contributed by atoms with Crippen LogP contribution in [0.25, 0.3) is 21.3 Å². The van der Waals surface area contributed by atoms with E-state index in [0.29, 0.717) is 30.5 Å². The Morgan fingerprint density at radius 1 is 1.25 bits per heavy atom. The van der Waals surface area contributed by atoms with Crippen LogP contribution in [0, 0.1) is 6.92 Å². The number of fused-ring (bicyclic) bond motifs is 1. The number of anilines is 2. The van der Waals surface area contributed by atoms with E-state index in [1.165, 1.54) is 0 Å². The van der Waals surface area contributed by atoms with Gasteiger partial charge >= 0.3 is 0 Å². The molecule has 3 heterocycles. The van der Waals surface area contributed by atoms with Gasteiger partial charge in [-0.1, -0.05) is 0 Å². The first kappa shape index (κ1) is 22.0.